The molecule has 0 aromatic rings. The van der Waals surface area contributed by atoms with Crippen molar-refractivity contribution < 1.29 is 4.21 Å². The first-order valence-electron chi connectivity index (χ1n) is 4.23. The molecule has 0 aromatic heterocycles. The lowest BCUT2D eigenvalue weighted by Gasteiger charge is -2.30. The van der Waals surface area contributed by atoms with E-state index >= 15 is 0 Å². The predicted molar refractivity (Wildman–Crippen MR) is 49.1 cm³/mol. The van der Waals surface area contributed by atoms with Gasteiger partial charge in [-0.15, -0.1) is 0 Å². The van der Waals surface area contributed by atoms with E-state index in [1.54, 1.807) is 0 Å². The van der Waals surface area contributed by atoms with Gasteiger partial charge in [0.15, 0.2) is 0 Å². The second-order valence-electron chi connectivity index (χ2n) is 3.56. The third kappa shape index (κ3) is 2.03. The summed E-state index contributed by atoms with van der Waals surface area (Å²) >= 11 is 0. The molecule has 0 amide bonds. The van der Waals surface area contributed by atoms with E-state index in [-0.39, 0.29) is 0 Å². The van der Waals surface area contributed by atoms with Gasteiger partial charge in [0.1, 0.15) is 0 Å². The van der Waals surface area contributed by atoms with Crippen LogP contribution >= 0.6 is 0 Å². The molecule has 3 heteroatoms. The van der Waals surface area contributed by atoms with E-state index in [4.69, 9.17) is 0 Å². The Balaban J connectivity index is 2.39. The van der Waals surface area contributed by atoms with Gasteiger partial charge in [0.05, 0.1) is 5.25 Å². The molecule has 2 atom stereocenters. The van der Waals surface area contributed by atoms with Crippen molar-refractivity contribution in [3.05, 3.63) is 0 Å². The van der Waals surface area contributed by atoms with Crippen molar-refractivity contribution in [3.8, 4) is 0 Å². The largest absolute Gasteiger partial charge is 0.314 e. The van der Waals surface area contributed by atoms with Crippen molar-refractivity contribution in [1.82, 2.24) is 5.32 Å². The number of hydrogen-bond donors (Lipinski definition) is 1. The molecular formula is C8H17NOS. The van der Waals surface area contributed by atoms with E-state index < -0.39 is 10.8 Å². The fourth-order valence-electron chi connectivity index (χ4n) is 0.998. The summed E-state index contributed by atoms with van der Waals surface area (Å²) in [6.45, 7) is 8.25. The molecule has 1 N–H and O–H groups in total. The Kier molecular flexibility index (Phi) is 3.07. The van der Waals surface area contributed by atoms with Crippen LogP contribution in [0.3, 0.4) is 0 Å². The summed E-state index contributed by atoms with van der Waals surface area (Å²) < 4.78 is 11.6. The normalized spacial score (nSPS) is 24.7. The molecule has 0 spiro atoms. The molecule has 1 fully saturated rings. The van der Waals surface area contributed by atoms with Crippen LogP contribution in [0.5, 0.6) is 0 Å². The highest BCUT2D eigenvalue weighted by molar-refractivity contribution is 7.86. The van der Waals surface area contributed by atoms with Crippen molar-refractivity contribution in [3.63, 3.8) is 0 Å². The van der Waals surface area contributed by atoms with Gasteiger partial charge in [0.2, 0.25) is 0 Å². The molecule has 2 unspecified atom stereocenters. The molecule has 1 aliphatic heterocycles. The Morgan fingerprint density at radius 3 is 2.18 bits per heavy atom. The van der Waals surface area contributed by atoms with Gasteiger partial charge in [-0.2, -0.15) is 0 Å². The van der Waals surface area contributed by atoms with Crippen LogP contribution in [-0.2, 0) is 10.8 Å². The minimum Gasteiger partial charge on any atom is -0.314 e. The van der Waals surface area contributed by atoms with Crippen LogP contribution in [-0.4, -0.2) is 27.8 Å². The van der Waals surface area contributed by atoms with Crippen LogP contribution in [0.2, 0.25) is 0 Å². The molecule has 66 valence electrons. The van der Waals surface area contributed by atoms with E-state index in [9.17, 15) is 4.21 Å². The molecular weight excluding hydrogens is 158 g/mol. The summed E-state index contributed by atoms with van der Waals surface area (Å²) in [5, 5.41) is 3.92. The smallest absolute Gasteiger partial charge is 0.0599 e. The average molecular weight is 175 g/mol. The fourth-order valence-corrected chi connectivity index (χ4v) is 2.71. The SMILES string of the molecule is CC(C)C(C)S(=O)C1CNC1. The Bertz CT molecular complexity index is 154. The van der Waals surface area contributed by atoms with Crippen LogP contribution in [0, 0.1) is 5.92 Å². The maximum atomic E-state index is 11.6. The van der Waals surface area contributed by atoms with Gasteiger partial charge in [0.25, 0.3) is 0 Å². The molecule has 0 aromatic carbocycles. The van der Waals surface area contributed by atoms with Crippen LogP contribution in [0.25, 0.3) is 0 Å². The summed E-state index contributed by atoms with van der Waals surface area (Å²) in [6.07, 6.45) is 0. The van der Waals surface area contributed by atoms with Crippen molar-refractivity contribution >= 4 is 10.8 Å². The van der Waals surface area contributed by atoms with Crippen LogP contribution < -0.4 is 5.32 Å². The quantitative estimate of drug-likeness (QED) is 0.686. The summed E-state index contributed by atoms with van der Waals surface area (Å²) in [5.41, 5.74) is 0. The first-order chi connectivity index (χ1) is 5.13. The van der Waals surface area contributed by atoms with Crippen molar-refractivity contribution in [2.45, 2.75) is 31.3 Å². The average Bonchev–Trinajstić information content (AvgIpc) is 1.82. The zero-order valence-electron chi connectivity index (χ0n) is 7.46. The molecule has 1 rings (SSSR count). The Hall–Kier alpha value is 0.110. The lowest BCUT2D eigenvalue weighted by molar-refractivity contribution is 0.512. The highest BCUT2D eigenvalue weighted by Crippen LogP contribution is 2.14. The van der Waals surface area contributed by atoms with E-state index in [0.29, 0.717) is 16.4 Å². The molecule has 11 heavy (non-hydrogen) atoms. The molecule has 0 radical (unpaired) electrons. The van der Waals surface area contributed by atoms with Gasteiger partial charge in [-0.25, -0.2) is 0 Å². The second kappa shape index (κ2) is 3.68. The van der Waals surface area contributed by atoms with Gasteiger partial charge in [-0.1, -0.05) is 20.8 Å². The maximum Gasteiger partial charge on any atom is 0.0599 e. The van der Waals surface area contributed by atoms with Crippen molar-refractivity contribution in [2.75, 3.05) is 13.1 Å². The lowest BCUT2D eigenvalue weighted by atomic mass is 10.2. The summed E-state index contributed by atoms with van der Waals surface area (Å²) in [6, 6.07) is 0. The maximum absolute atomic E-state index is 11.6. The Labute approximate surface area is 71.2 Å². The Morgan fingerprint density at radius 1 is 1.36 bits per heavy atom. The number of rotatable bonds is 3. The molecule has 0 aliphatic carbocycles. The topological polar surface area (TPSA) is 29.1 Å². The van der Waals surface area contributed by atoms with Crippen LogP contribution in [0.1, 0.15) is 20.8 Å². The number of nitrogens with one attached hydrogen (secondary N) is 1. The summed E-state index contributed by atoms with van der Waals surface area (Å²) in [5.74, 6) is 0.538. The Morgan fingerprint density at radius 2 is 1.91 bits per heavy atom. The highest BCUT2D eigenvalue weighted by Gasteiger charge is 2.28. The van der Waals surface area contributed by atoms with Crippen LogP contribution in [0.4, 0.5) is 0 Å². The van der Waals surface area contributed by atoms with Gasteiger partial charge >= 0.3 is 0 Å². The molecule has 1 saturated heterocycles. The third-order valence-corrected chi connectivity index (χ3v) is 4.65. The fraction of sp³-hybridized carbons (Fsp3) is 1.00. The van der Waals surface area contributed by atoms with E-state index in [2.05, 4.69) is 26.1 Å². The van der Waals surface area contributed by atoms with Crippen molar-refractivity contribution in [1.29, 1.82) is 0 Å². The van der Waals surface area contributed by atoms with Gasteiger partial charge < -0.3 is 5.32 Å². The minimum atomic E-state index is -0.615. The zero-order valence-corrected chi connectivity index (χ0v) is 8.28. The molecule has 2 nitrogen and oxygen atoms in total. The number of hydrogen-bond acceptors (Lipinski definition) is 2. The minimum absolute atomic E-state index is 0.349. The van der Waals surface area contributed by atoms with E-state index in [1.807, 2.05) is 0 Å². The first-order valence-corrected chi connectivity index (χ1v) is 5.50. The highest BCUT2D eigenvalue weighted by atomic mass is 32.2. The standard InChI is InChI=1S/C8H17NOS/c1-6(2)7(3)11(10)8-4-9-5-8/h6-9H,4-5H2,1-3H3. The first kappa shape index (κ1) is 9.20. The van der Waals surface area contributed by atoms with Crippen LogP contribution in [0.15, 0.2) is 0 Å². The molecule has 0 bridgehead atoms. The molecule has 0 saturated carbocycles. The molecule has 1 heterocycles. The van der Waals surface area contributed by atoms with Gasteiger partial charge in [-0.3, -0.25) is 4.21 Å². The summed E-state index contributed by atoms with van der Waals surface area (Å²) in [4.78, 5) is 0. The monoisotopic (exact) mass is 175 g/mol. The lowest BCUT2D eigenvalue weighted by Crippen LogP contribution is -2.51. The predicted octanol–water partition coefficient (Wildman–Crippen LogP) is 0.751. The van der Waals surface area contributed by atoms with E-state index in [1.165, 1.54) is 0 Å². The van der Waals surface area contributed by atoms with Crippen molar-refractivity contribution in [2.24, 2.45) is 5.92 Å². The molecule has 1 aliphatic rings. The zero-order chi connectivity index (χ0) is 8.43. The third-order valence-electron chi connectivity index (χ3n) is 2.38. The summed E-state index contributed by atoms with van der Waals surface area (Å²) in [7, 11) is -0.615. The second-order valence-corrected chi connectivity index (χ2v) is 5.63. The van der Waals surface area contributed by atoms with Gasteiger partial charge in [-0.05, 0) is 5.92 Å². The van der Waals surface area contributed by atoms with Gasteiger partial charge in [0, 0.05) is 29.1 Å². The van der Waals surface area contributed by atoms with E-state index in [0.717, 1.165) is 13.1 Å².